The molecular weight excluding hydrogens is 239 g/mol. The number of hydrogen-bond acceptors (Lipinski definition) is 1. The van der Waals surface area contributed by atoms with E-state index in [-0.39, 0.29) is 5.41 Å². The van der Waals surface area contributed by atoms with Crippen LogP contribution in [-0.4, -0.2) is 6.54 Å². The number of hydrogen-bond donors (Lipinski definition) is 1. The van der Waals surface area contributed by atoms with Crippen molar-refractivity contribution in [3.05, 3.63) is 34.9 Å². The van der Waals surface area contributed by atoms with Crippen molar-refractivity contribution in [3.8, 4) is 0 Å². The van der Waals surface area contributed by atoms with E-state index in [1.807, 2.05) is 6.07 Å². The van der Waals surface area contributed by atoms with E-state index in [0.29, 0.717) is 24.4 Å². The number of alkyl halides is 3. The molecule has 2 aliphatic carbocycles. The predicted molar refractivity (Wildman–Crippen MR) is 63.1 cm³/mol. The molecule has 1 fully saturated rings. The van der Waals surface area contributed by atoms with Crippen LogP contribution in [0, 0.1) is 11.3 Å². The Balaban J connectivity index is 1.99. The summed E-state index contributed by atoms with van der Waals surface area (Å²) in [6.07, 6.45) is -0.940. The van der Waals surface area contributed by atoms with Crippen LogP contribution in [0.15, 0.2) is 18.2 Å². The number of halogens is 3. The van der Waals surface area contributed by atoms with Gasteiger partial charge in [-0.2, -0.15) is 13.2 Å². The molecule has 2 unspecified atom stereocenters. The van der Waals surface area contributed by atoms with E-state index in [9.17, 15) is 13.2 Å². The van der Waals surface area contributed by atoms with E-state index < -0.39 is 11.7 Å². The van der Waals surface area contributed by atoms with Crippen LogP contribution in [0.2, 0.25) is 0 Å². The zero-order valence-electron chi connectivity index (χ0n) is 10.1. The van der Waals surface area contributed by atoms with Crippen molar-refractivity contribution >= 4 is 0 Å². The summed E-state index contributed by atoms with van der Waals surface area (Å²) in [6, 6.07) is 4.56. The van der Waals surface area contributed by atoms with Crippen molar-refractivity contribution in [2.24, 2.45) is 17.1 Å². The first-order chi connectivity index (χ1) is 8.46. The second-order valence-electron chi connectivity index (χ2n) is 5.62. The van der Waals surface area contributed by atoms with E-state index in [4.69, 9.17) is 5.73 Å². The molecule has 2 aliphatic rings. The molecule has 3 rings (SSSR count). The van der Waals surface area contributed by atoms with Gasteiger partial charge in [-0.1, -0.05) is 12.1 Å². The standard InChI is InChI=1S/C14H16F3N/c15-14(16,17)12-3-1-2-9-4-5-13(7-11(9)12)6-10(13)8-18/h1-3,10H,4-8,18H2. The van der Waals surface area contributed by atoms with Crippen LogP contribution in [0.25, 0.3) is 0 Å². The maximum atomic E-state index is 13.0. The average molecular weight is 255 g/mol. The zero-order chi connectivity index (χ0) is 13.0. The van der Waals surface area contributed by atoms with Crippen LogP contribution in [0.5, 0.6) is 0 Å². The topological polar surface area (TPSA) is 26.0 Å². The molecule has 0 radical (unpaired) electrons. The molecule has 0 saturated heterocycles. The minimum Gasteiger partial charge on any atom is -0.330 e. The van der Waals surface area contributed by atoms with E-state index in [1.165, 1.54) is 12.1 Å². The summed E-state index contributed by atoms with van der Waals surface area (Å²) >= 11 is 0. The van der Waals surface area contributed by atoms with Gasteiger partial charge in [0.05, 0.1) is 5.56 Å². The number of fused-ring (bicyclic) bond motifs is 1. The lowest BCUT2D eigenvalue weighted by atomic mass is 9.78. The largest absolute Gasteiger partial charge is 0.416 e. The van der Waals surface area contributed by atoms with E-state index in [0.717, 1.165) is 24.8 Å². The van der Waals surface area contributed by atoms with Crippen molar-refractivity contribution in [1.82, 2.24) is 0 Å². The molecule has 1 nitrogen and oxygen atoms in total. The Labute approximate surface area is 104 Å². The normalized spacial score (nSPS) is 30.3. The Hall–Kier alpha value is -1.03. The van der Waals surface area contributed by atoms with E-state index in [2.05, 4.69) is 0 Å². The second-order valence-corrected chi connectivity index (χ2v) is 5.62. The first kappa shape index (κ1) is 12.0. The van der Waals surface area contributed by atoms with Gasteiger partial charge in [0.25, 0.3) is 0 Å². The lowest BCUT2D eigenvalue weighted by molar-refractivity contribution is -0.138. The van der Waals surface area contributed by atoms with E-state index >= 15 is 0 Å². The lowest BCUT2D eigenvalue weighted by Gasteiger charge is -2.28. The SMILES string of the molecule is NCC1CC12CCc1cccc(C(F)(F)F)c1C2. The summed E-state index contributed by atoms with van der Waals surface area (Å²) in [7, 11) is 0. The van der Waals surface area contributed by atoms with Gasteiger partial charge in [0.15, 0.2) is 0 Å². The smallest absolute Gasteiger partial charge is 0.330 e. The molecule has 98 valence electrons. The highest BCUT2D eigenvalue weighted by Gasteiger charge is 2.54. The van der Waals surface area contributed by atoms with Gasteiger partial charge in [-0.15, -0.1) is 0 Å². The molecule has 0 aliphatic heterocycles. The van der Waals surface area contributed by atoms with Gasteiger partial charge >= 0.3 is 6.18 Å². The molecule has 1 spiro atoms. The van der Waals surface area contributed by atoms with Crippen molar-refractivity contribution in [2.75, 3.05) is 6.54 Å². The van der Waals surface area contributed by atoms with Crippen molar-refractivity contribution in [1.29, 1.82) is 0 Å². The van der Waals surface area contributed by atoms with Crippen LogP contribution in [-0.2, 0) is 19.0 Å². The lowest BCUT2D eigenvalue weighted by Crippen LogP contribution is -2.23. The fourth-order valence-corrected chi connectivity index (χ4v) is 3.46. The summed E-state index contributed by atoms with van der Waals surface area (Å²) in [6.45, 7) is 0.601. The van der Waals surface area contributed by atoms with E-state index in [1.54, 1.807) is 0 Å². The first-order valence-corrected chi connectivity index (χ1v) is 6.34. The maximum Gasteiger partial charge on any atom is 0.416 e. The van der Waals surface area contributed by atoms with Gasteiger partial charge in [-0.05, 0) is 60.8 Å². The molecule has 0 aromatic heterocycles. The van der Waals surface area contributed by atoms with Crippen LogP contribution >= 0.6 is 0 Å². The van der Waals surface area contributed by atoms with Crippen molar-refractivity contribution in [3.63, 3.8) is 0 Å². The Kier molecular flexibility index (Phi) is 2.49. The van der Waals surface area contributed by atoms with Crippen molar-refractivity contribution in [2.45, 2.75) is 31.9 Å². The Morgan fingerprint density at radius 3 is 2.72 bits per heavy atom. The highest BCUT2D eigenvalue weighted by atomic mass is 19.4. The van der Waals surface area contributed by atoms with Crippen LogP contribution in [0.1, 0.15) is 29.5 Å². The molecule has 2 N–H and O–H groups in total. The third-order valence-electron chi connectivity index (χ3n) is 4.64. The number of rotatable bonds is 1. The third kappa shape index (κ3) is 1.74. The number of benzene rings is 1. The van der Waals surface area contributed by atoms with Gasteiger partial charge in [-0.25, -0.2) is 0 Å². The van der Waals surface area contributed by atoms with Crippen LogP contribution < -0.4 is 5.73 Å². The maximum absolute atomic E-state index is 13.0. The van der Waals surface area contributed by atoms with Gasteiger partial charge in [0, 0.05) is 0 Å². The minimum atomic E-state index is -4.24. The fraction of sp³-hybridized carbons (Fsp3) is 0.571. The zero-order valence-corrected chi connectivity index (χ0v) is 10.1. The molecule has 0 bridgehead atoms. The fourth-order valence-electron chi connectivity index (χ4n) is 3.46. The molecule has 1 aromatic rings. The van der Waals surface area contributed by atoms with Gasteiger partial charge in [-0.3, -0.25) is 0 Å². The summed E-state index contributed by atoms with van der Waals surface area (Å²) in [5, 5.41) is 0. The Bertz CT molecular complexity index is 480. The third-order valence-corrected chi connectivity index (χ3v) is 4.64. The summed E-state index contributed by atoms with van der Waals surface area (Å²) in [5.41, 5.74) is 6.68. The average Bonchev–Trinajstić information content (AvgIpc) is 3.00. The van der Waals surface area contributed by atoms with Gasteiger partial charge < -0.3 is 5.73 Å². The summed E-state index contributed by atoms with van der Waals surface area (Å²) in [4.78, 5) is 0. The Morgan fingerprint density at radius 2 is 2.11 bits per heavy atom. The van der Waals surface area contributed by atoms with Gasteiger partial charge in [0.1, 0.15) is 0 Å². The number of aryl methyl sites for hydroxylation is 1. The highest BCUT2D eigenvalue weighted by molar-refractivity contribution is 5.41. The molecule has 4 heteroatoms. The summed E-state index contributed by atoms with van der Waals surface area (Å²) < 4.78 is 39.0. The molecule has 0 amide bonds. The van der Waals surface area contributed by atoms with Crippen LogP contribution in [0.4, 0.5) is 13.2 Å². The molecule has 1 aromatic carbocycles. The molecule has 2 atom stereocenters. The first-order valence-electron chi connectivity index (χ1n) is 6.34. The molecule has 0 heterocycles. The Morgan fingerprint density at radius 1 is 1.33 bits per heavy atom. The summed E-state index contributed by atoms with van der Waals surface area (Å²) in [5.74, 6) is 0.423. The van der Waals surface area contributed by atoms with Gasteiger partial charge in [0.2, 0.25) is 0 Å². The number of nitrogens with two attached hydrogens (primary N) is 1. The van der Waals surface area contributed by atoms with Crippen LogP contribution in [0.3, 0.4) is 0 Å². The predicted octanol–water partition coefficient (Wildman–Crippen LogP) is 3.16. The minimum absolute atomic E-state index is 0.0725. The highest BCUT2D eigenvalue weighted by Crippen LogP contribution is 2.60. The molecule has 18 heavy (non-hydrogen) atoms. The quantitative estimate of drug-likeness (QED) is 0.819. The monoisotopic (exact) mass is 255 g/mol. The molecular formula is C14H16F3N. The van der Waals surface area contributed by atoms with Crippen molar-refractivity contribution < 1.29 is 13.2 Å². The molecule has 1 saturated carbocycles. The second kappa shape index (κ2) is 3.73.